The number of hydrogen-bond acceptors (Lipinski definition) is 2. The molecular formula is C5H12BNO. The lowest BCUT2D eigenvalue weighted by molar-refractivity contribution is 0.0400. The van der Waals surface area contributed by atoms with E-state index in [0.717, 1.165) is 19.8 Å². The minimum atomic E-state index is 0.615. The Morgan fingerprint density at radius 2 is 2.50 bits per heavy atom. The molecule has 0 aromatic heterocycles. The summed E-state index contributed by atoms with van der Waals surface area (Å²) in [6, 6.07) is 0.615. The molecule has 2 nitrogen and oxygen atoms in total. The lowest BCUT2D eigenvalue weighted by atomic mass is 10.2. The van der Waals surface area contributed by atoms with E-state index < -0.39 is 0 Å². The van der Waals surface area contributed by atoms with Crippen molar-refractivity contribution < 1.29 is 4.74 Å². The summed E-state index contributed by atoms with van der Waals surface area (Å²) in [6.45, 7) is 5.07. The number of nitrogens with zero attached hydrogens (tertiary/aromatic N) is 1. The van der Waals surface area contributed by atoms with Crippen LogP contribution in [0.25, 0.3) is 0 Å². The summed E-state index contributed by atoms with van der Waals surface area (Å²) in [6.07, 6.45) is 0. The molecule has 46 valence electrons. The van der Waals surface area contributed by atoms with Crippen LogP contribution in [0.4, 0.5) is 0 Å². The molecule has 1 aliphatic rings. The lowest BCUT2D eigenvalue weighted by Crippen LogP contribution is -2.41. The molecule has 0 bridgehead atoms. The monoisotopic (exact) mass is 113 g/mol. The van der Waals surface area contributed by atoms with Crippen molar-refractivity contribution >= 4 is 7.98 Å². The standard InChI is InChI=1S/C5H12BNO/c1-5-4-8-3-2-7(5)6/h5H,2-4,6H2,1H3. The van der Waals surface area contributed by atoms with Crippen LogP contribution in [-0.2, 0) is 4.74 Å². The van der Waals surface area contributed by atoms with Crippen LogP contribution in [0.5, 0.6) is 0 Å². The summed E-state index contributed by atoms with van der Waals surface area (Å²) in [5.41, 5.74) is 0. The summed E-state index contributed by atoms with van der Waals surface area (Å²) in [5, 5.41) is 0. The van der Waals surface area contributed by atoms with Gasteiger partial charge >= 0.3 is 0 Å². The number of hydrogen-bond donors (Lipinski definition) is 0. The molecule has 0 N–H and O–H groups in total. The zero-order valence-corrected chi connectivity index (χ0v) is 5.55. The molecule has 1 aliphatic heterocycles. The Morgan fingerprint density at radius 1 is 1.75 bits per heavy atom. The van der Waals surface area contributed by atoms with E-state index in [1.165, 1.54) is 0 Å². The van der Waals surface area contributed by atoms with Gasteiger partial charge in [-0.1, -0.05) is 0 Å². The Morgan fingerprint density at radius 3 is 2.88 bits per heavy atom. The van der Waals surface area contributed by atoms with Crippen molar-refractivity contribution in [2.24, 2.45) is 0 Å². The molecule has 0 aromatic rings. The second-order valence-corrected chi connectivity index (χ2v) is 2.40. The average Bonchev–Trinajstić information content (AvgIpc) is 1.77. The summed E-state index contributed by atoms with van der Waals surface area (Å²) >= 11 is 0. The third kappa shape index (κ3) is 1.23. The highest BCUT2D eigenvalue weighted by Gasteiger charge is 2.12. The van der Waals surface area contributed by atoms with Crippen molar-refractivity contribution in [2.45, 2.75) is 13.0 Å². The highest BCUT2D eigenvalue weighted by atomic mass is 16.5. The molecule has 1 unspecified atom stereocenters. The summed E-state index contributed by atoms with van der Waals surface area (Å²) in [4.78, 5) is 2.31. The van der Waals surface area contributed by atoms with Gasteiger partial charge in [-0.25, -0.2) is 0 Å². The van der Waals surface area contributed by atoms with Gasteiger partial charge in [-0.15, -0.1) is 0 Å². The predicted octanol–water partition coefficient (Wildman–Crippen LogP) is -0.745. The molecule has 8 heavy (non-hydrogen) atoms. The number of rotatable bonds is 0. The SMILES string of the molecule is BN1CCOCC1C. The first-order valence-electron chi connectivity index (χ1n) is 3.08. The first kappa shape index (κ1) is 6.11. The summed E-state index contributed by atoms with van der Waals surface area (Å²) < 4.78 is 5.21. The van der Waals surface area contributed by atoms with Gasteiger partial charge in [0.25, 0.3) is 0 Å². The van der Waals surface area contributed by atoms with Gasteiger partial charge in [-0.2, -0.15) is 0 Å². The molecule has 0 radical (unpaired) electrons. The fourth-order valence-corrected chi connectivity index (χ4v) is 0.810. The molecule has 0 amide bonds. The minimum absolute atomic E-state index is 0.615. The minimum Gasteiger partial charge on any atom is -0.379 e. The smallest absolute Gasteiger partial charge is 0.186 e. The average molecular weight is 113 g/mol. The summed E-state index contributed by atoms with van der Waals surface area (Å²) in [5.74, 6) is 0. The molecule has 3 heteroatoms. The Bertz CT molecular complexity index is 68.8. The first-order chi connectivity index (χ1) is 3.80. The lowest BCUT2D eigenvalue weighted by Gasteiger charge is -2.29. The van der Waals surface area contributed by atoms with Gasteiger partial charge in [0.05, 0.1) is 13.2 Å². The number of morpholine rings is 1. The van der Waals surface area contributed by atoms with E-state index in [9.17, 15) is 0 Å². The molecule has 0 aromatic carbocycles. The zero-order valence-electron chi connectivity index (χ0n) is 5.55. The van der Waals surface area contributed by atoms with Crippen LogP contribution in [0.2, 0.25) is 0 Å². The van der Waals surface area contributed by atoms with E-state index in [4.69, 9.17) is 4.74 Å². The highest BCUT2D eigenvalue weighted by molar-refractivity contribution is 6.04. The van der Waals surface area contributed by atoms with Crippen LogP contribution in [0.3, 0.4) is 0 Å². The maximum absolute atomic E-state index is 5.21. The molecule has 0 aliphatic carbocycles. The van der Waals surface area contributed by atoms with Gasteiger partial charge < -0.3 is 9.55 Å². The van der Waals surface area contributed by atoms with Gasteiger partial charge in [0, 0.05) is 12.6 Å². The molecule has 1 fully saturated rings. The Balaban J connectivity index is 2.28. The fourth-order valence-electron chi connectivity index (χ4n) is 0.810. The van der Waals surface area contributed by atoms with Gasteiger partial charge in [-0.05, 0) is 6.92 Å². The third-order valence-corrected chi connectivity index (χ3v) is 1.70. The maximum Gasteiger partial charge on any atom is 0.186 e. The maximum atomic E-state index is 5.21. The van der Waals surface area contributed by atoms with Crippen LogP contribution in [0.1, 0.15) is 6.92 Å². The number of ether oxygens (including phenoxy) is 1. The van der Waals surface area contributed by atoms with Gasteiger partial charge in [-0.3, -0.25) is 0 Å². The van der Waals surface area contributed by atoms with Gasteiger partial charge in [0.2, 0.25) is 0 Å². The topological polar surface area (TPSA) is 12.5 Å². The van der Waals surface area contributed by atoms with Crippen molar-refractivity contribution in [3.8, 4) is 0 Å². The fraction of sp³-hybridized carbons (Fsp3) is 1.00. The van der Waals surface area contributed by atoms with Crippen LogP contribution >= 0.6 is 0 Å². The molecule has 1 heterocycles. The molecular weight excluding hydrogens is 101 g/mol. The van der Waals surface area contributed by atoms with Gasteiger partial charge in [0.15, 0.2) is 7.98 Å². The van der Waals surface area contributed by atoms with Crippen LogP contribution in [-0.4, -0.2) is 38.6 Å². The van der Waals surface area contributed by atoms with Gasteiger partial charge in [0.1, 0.15) is 0 Å². The molecule has 1 rings (SSSR count). The molecule has 0 spiro atoms. The van der Waals surface area contributed by atoms with Crippen molar-refractivity contribution in [2.75, 3.05) is 19.8 Å². The Hall–Kier alpha value is -0.0151. The van der Waals surface area contributed by atoms with Crippen molar-refractivity contribution in [1.82, 2.24) is 4.81 Å². The second kappa shape index (κ2) is 2.51. The van der Waals surface area contributed by atoms with Crippen molar-refractivity contribution in [1.29, 1.82) is 0 Å². The molecule has 1 atom stereocenters. The van der Waals surface area contributed by atoms with E-state index in [1.807, 2.05) is 0 Å². The highest BCUT2D eigenvalue weighted by Crippen LogP contribution is 2.00. The summed E-state index contributed by atoms with van der Waals surface area (Å²) in [7, 11) is 2.13. The molecule has 0 saturated carbocycles. The van der Waals surface area contributed by atoms with Crippen molar-refractivity contribution in [3.05, 3.63) is 0 Å². The normalized spacial score (nSPS) is 32.9. The largest absolute Gasteiger partial charge is 0.379 e. The van der Waals surface area contributed by atoms with E-state index in [0.29, 0.717) is 6.04 Å². The van der Waals surface area contributed by atoms with E-state index in [-0.39, 0.29) is 0 Å². The Labute approximate surface area is 51.2 Å². The quantitative estimate of drug-likeness (QED) is 0.383. The van der Waals surface area contributed by atoms with E-state index in [2.05, 4.69) is 19.7 Å². The first-order valence-corrected chi connectivity index (χ1v) is 3.08. The molecule has 1 saturated heterocycles. The van der Waals surface area contributed by atoms with Crippen molar-refractivity contribution in [3.63, 3.8) is 0 Å². The van der Waals surface area contributed by atoms with E-state index >= 15 is 0 Å². The zero-order chi connectivity index (χ0) is 5.98. The van der Waals surface area contributed by atoms with E-state index in [1.54, 1.807) is 0 Å². The van der Waals surface area contributed by atoms with Crippen LogP contribution < -0.4 is 0 Å². The third-order valence-electron chi connectivity index (χ3n) is 1.70. The second-order valence-electron chi connectivity index (χ2n) is 2.40. The van der Waals surface area contributed by atoms with Crippen LogP contribution in [0.15, 0.2) is 0 Å². The van der Waals surface area contributed by atoms with Crippen LogP contribution in [0, 0.1) is 0 Å². The Kier molecular flexibility index (Phi) is 1.92. The predicted molar refractivity (Wildman–Crippen MR) is 35.5 cm³/mol.